The van der Waals surface area contributed by atoms with E-state index in [1.165, 1.54) is 0 Å². The summed E-state index contributed by atoms with van der Waals surface area (Å²) in [5, 5.41) is 0. The fraction of sp³-hybridized carbons (Fsp3) is 0. The summed E-state index contributed by atoms with van der Waals surface area (Å²) in [4.78, 5) is 0. The second-order valence-corrected chi connectivity index (χ2v) is 0. The first-order valence-electron chi connectivity index (χ1n) is 0. The molecule has 16 valence electrons. The van der Waals surface area contributed by atoms with Gasteiger partial charge in [0.2, 0.25) is 0 Å². The molecule has 0 aliphatic rings. The van der Waals surface area contributed by atoms with E-state index in [0.717, 1.165) is 0 Å². The van der Waals surface area contributed by atoms with Crippen LogP contribution in [0.3, 0.4) is 0 Å². The normalized spacial score (nSPS) is 0. The Morgan fingerprint density at radius 2 is 0.600 bits per heavy atom. The van der Waals surface area contributed by atoms with Crippen molar-refractivity contribution in [3.63, 3.8) is 0 Å². The van der Waals surface area contributed by atoms with Gasteiger partial charge in [-0.05, 0) is 0 Å². The molecule has 0 aliphatic heterocycles. The van der Waals surface area contributed by atoms with Crippen molar-refractivity contribution < 1.29 is 39.0 Å². The Morgan fingerprint density at radius 3 is 0.600 bits per heavy atom. The molecule has 0 aromatic heterocycles. The van der Waals surface area contributed by atoms with Crippen LogP contribution in [0.5, 0.6) is 0 Å². The maximum Gasteiger partial charge on any atom is 3.00 e. The molecule has 0 amide bonds. The molecule has 0 saturated carbocycles. The molecular formula is Al2F2Na+5. The SMILES string of the molecule is [Al+3].[Al+3].[F-].[F-].[Na+]. The predicted octanol–water partition coefficient (Wildman–Crippen LogP) is -9.75. The van der Waals surface area contributed by atoms with Crippen molar-refractivity contribution in [2.24, 2.45) is 0 Å². The molecule has 0 heterocycles. The van der Waals surface area contributed by atoms with Crippen LogP contribution in [0.4, 0.5) is 0 Å². The zero-order valence-electron chi connectivity index (χ0n) is 2.91. The Bertz CT molecular complexity index is 7.61. The Morgan fingerprint density at radius 1 is 0.600 bits per heavy atom. The zero-order valence-corrected chi connectivity index (χ0v) is 7.22. The van der Waals surface area contributed by atoms with Crippen LogP contribution >= 0.6 is 0 Å². The smallest absolute Gasteiger partial charge is 1.00 e. The molecule has 0 saturated heterocycles. The molecule has 0 fully saturated rings. The van der Waals surface area contributed by atoms with Gasteiger partial charge in [0, 0.05) is 0 Å². The fourth-order valence-corrected chi connectivity index (χ4v) is 0. The molecule has 0 rings (SSSR count). The Labute approximate surface area is 73.0 Å². The summed E-state index contributed by atoms with van der Waals surface area (Å²) in [7, 11) is 0. The van der Waals surface area contributed by atoms with E-state index < -0.39 is 0 Å². The number of rotatable bonds is 0. The van der Waals surface area contributed by atoms with Crippen molar-refractivity contribution in [2.45, 2.75) is 0 Å². The molecule has 0 aromatic carbocycles. The van der Waals surface area contributed by atoms with E-state index >= 15 is 0 Å². The quantitative estimate of drug-likeness (QED) is 0.275. The standard InChI is InChI=1S/2Al.2FH.Na/h;;2*1H;/q2*+3;;;+1/p-2. The van der Waals surface area contributed by atoms with E-state index in [9.17, 15) is 0 Å². The van der Waals surface area contributed by atoms with Crippen molar-refractivity contribution in [1.29, 1.82) is 0 Å². The summed E-state index contributed by atoms with van der Waals surface area (Å²) in [6.45, 7) is 0. The van der Waals surface area contributed by atoms with E-state index in [0.29, 0.717) is 0 Å². The monoisotopic (exact) mass is 115 g/mol. The van der Waals surface area contributed by atoms with Crippen molar-refractivity contribution in [1.82, 2.24) is 0 Å². The summed E-state index contributed by atoms with van der Waals surface area (Å²) in [5.41, 5.74) is 0. The Balaban J connectivity index is 0. The van der Waals surface area contributed by atoms with Crippen LogP contribution in [0.2, 0.25) is 0 Å². The van der Waals surface area contributed by atoms with Gasteiger partial charge in [-0.1, -0.05) is 0 Å². The summed E-state index contributed by atoms with van der Waals surface area (Å²) in [6.07, 6.45) is 0. The van der Waals surface area contributed by atoms with E-state index in [1.54, 1.807) is 0 Å². The maximum atomic E-state index is 0. The van der Waals surface area contributed by atoms with Gasteiger partial charge < -0.3 is 9.41 Å². The molecule has 0 bridgehead atoms. The topological polar surface area (TPSA) is 0 Å². The van der Waals surface area contributed by atoms with Crippen LogP contribution in [-0.4, -0.2) is 34.7 Å². The minimum atomic E-state index is 0. The van der Waals surface area contributed by atoms with Gasteiger partial charge in [-0.2, -0.15) is 0 Å². The molecule has 0 aromatic rings. The molecule has 0 radical (unpaired) electrons. The molecule has 0 spiro atoms. The molecule has 0 unspecified atom stereocenters. The summed E-state index contributed by atoms with van der Waals surface area (Å²) in [6, 6.07) is 0. The second-order valence-electron chi connectivity index (χ2n) is 0. The minimum absolute atomic E-state index is 0. The predicted molar refractivity (Wildman–Crippen MR) is 11.5 cm³/mol. The molecular weight excluding hydrogens is 115 g/mol. The van der Waals surface area contributed by atoms with E-state index in [4.69, 9.17) is 0 Å². The van der Waals surface area contributed by atoms with Crippen molar-refractivity contribution in [2.75, 3.05) is 0 Å². The van der Waals surface area contributed by atoms with Crippen molar-refractivity contribution in [3.05, 3.63) is 0 Å². The van der Waals surface area contributed by atoms with Crippen LogP contribution < -0.4 is 39.0 Å². The van der Waals surface area contributed by atoms with E-state index in [2.05, 4.69) is 0 Å². The molecule has 5 heteroatoms. The van der Waals surface area contributed by atoms with Gasteiger partial charge in [0.1, 0.15) is 0 Å². The van der Waals surface area contributed by atoms with Crippen LogP contribution in [0.15, 0.2) is 0 Å². The molecule has 0 nitrogen and oxygen atoms in total. The Hall–Kier alpha value is 1.92. The average molecular weight is 115 g/mol. The van der Waals surface area contributed by atoms with Gasteiger partial charge in [0.25, 0.3) is 0 Å². The van der Waals surface area contributed by atoms with Gasteiger partial charge >= 0.3 is 64.3 Å². The molecule has 0 N–H and O–H groups in total. The van der Waals surface area contributed by atoms with Crippen molar-refractivity contribution >= 4 is 34.7 Å². The fourth-order valence-electron chi connectivity index (χ4n) is 0. The zero-order chi connectivity index (χ0) is 0. The van der Waals surface area contributed by atoms with E-state index in [1.807, 2.05) is 0 Å². The van der Waals surface area contributed by atoms with E-state index in [-0.39, 0.29) is 73.7 Å². The second kappa shape index (κ2) is 38.8. The van der Waals surface area contributed by atoms with Gasteiger partial charge in [0.05, 0.1) is 0 Å². The van der Waals surface area contributed by atoms with Crippen LogP contribution in [0.25, 0.3) is 0 Å². The number of hydrogen-bond donors (Lipinski definition) is 0. The largest absolute Gasteiger partial charge is 3.00 e. The van der Waals surface area contributed by atoms with Gasteiger partial charge in [-0.3, -0.25) is 0 Å². The van der Waals surface area contributed by atoms with Crippen LogP contribution in [0, 0.1) is 0 Å². The summed E-state index contributed by atoms with van der Waals surface area (Å²) >= 11 is 0. The third-order valence-electron chi connectivity index (χ3n) is 0. The minimum Gasteiger partial charge on any atom is -1.00 e. The molecule has 0 aliphatic carbocycles. The average Bonchev–Trinajstić information content (AvgIpc) is 0. The first kappa shape index (κ1) is 65.6. The van der Waals surface area contributed by atoms with Crippen LogP contribution in [-0.2, 0) is 0 Å². The summed E-state index contributed by atoms with van der Waals surface area (Å²) in [5.74, 6) is 0. The number of halogens is 2. The first-order chi connectivity index (χ1) is 0. The molecule has 0 atom stereocenters. The molecule has 5 heavy (non-hydrogen) atoms. The summed E-state index contributed by atoms with van der Waals surface area (Å²) < 4.78 is 0. The number of hydrogen-bond acceptors (Lipinski definition) is 0. The van der Waals surface area contributed by atoms with Gasteiger partial charge in [-0.15, -0.1) is 0 Å². The van der Waals surface area contributed by atoms with Crippen LogP contribution in [0.1, 0.15) is 0 Å². The van der Waals surface area contributed by atoms with Gasteiger partial charge in [-0.25, -0.2) is 0 Å². The first-order valence-corrected chi connectivity index (χ1v) is 0. The Kier molecular flexibility index (Phi) is 509. The van der Waals surface area contributed by atoms with Crippen molar-refractivity contribution in [3.8, 4) is 0 Å². The maximum absolute atomic E-state index is 0. The van der Waals surface area contributed by atoms with Gasteiger partial charge in [0.15, 0.2) is 0 Å². The third kappa shape index (κ3) is 24.6. The third-order valence-corrected chi connectivity index (χ3v) is 0.